The number of aryl methyl sites for hydroxylation is 3. The smallest absolute Gasteiger partial charge is 0.00826 e. The maximum absolute atomic E-state index is 5.97. The summed E-state index contributed by atoms with van der Waals surface area (Å²) in [7, 11) is 0. The van der Waals surface area contributed by atoms with Crippen LogP contribution in [0.1, 0.15) is 51.8 Å². The Morgan fingerprint density at radius 1 is 0.680 bits per heavy atom. The summed E-state index contributed by atoms with van der Waals surface area (Å²) in [5.41, 5.74) is 22.2. The molecular weight excluding hydrogens is 304 g/mol. The van der Waals surface area contributed by atoms with Crippen LogP contribution < -0.4 is 11.5 Å². The standard InChI is InChI=1S/C12H17N.C11H15N/c1-8-3-4-9(2)12-7-10(13)5-6-11(8)12;1-8-3-2-4-9-7-10(12)5-6-11(8)9/h3-4,10H,5-7,13H2,1-2H3;2-4,10H,5-7,12H2,1H3. The van der Waals surface area contributed by atoms with Crippen molar-refractivity contribution in [2.45, 2.75) is 71.4 Å². The third-order valence-corrected chi connectivity index (χ3v) is 5.89. The average Bonchev–Trinajstić information content (AvgIpc) is 2.59. The first-order valence-electron chi connectivity index (χ1n) is 9.62. The van der Waals surface area contributed by atoms with E-state index < -0.39 is 0 Å². The average molecular weight is 337 g/mol. The van der Waals surface area contributed by atoms with E-state index in [-0.39, 0.29) is 0 Å². The molecule has 134 valence electrons. The highest BCUT2D eigenvalue weighted by molar-refractivity contribution is 5.42. The van der Waals surface area contributed by atoms with Gasteiger partial charge in [-0.3, -0.25) is 0 Å². The molecule has 2 unspecified atom stereocenters. The van der Waals surface area contributed by atoms with E-state index in [0.717, 1.165) is 25.7 Å². The van der Waals surface area contributed by atoms with Crippen LogP contribution in [0.5, 0.6) is 0 Å². The van der Waals surface area contributed by atoms with Crippen molar-refractivity contribution < 1.29 is 0 Å². The lowest BCUT2D eigenvalue weighted by Gasteiger charge is -2.24. The third kappa shape index (κ3) is 4.13. The van der Waals surface area contributed by atoms with Crippen LogP contribution in [-0.4, -0.2) is 12.1 Å². The maximum Gasteiger partial charge on any atom is 0.00826 e. The molecule has 0 amide bonds. The summed E-state index contributed by atoms with van der Waals surface area (Å²) in [5.74, 6) is 0. The molecular formula is C23H32N2. The predicted octanol–water partition coefficient (Wildman–Crippen LogP) is 3.93. The molecule has 0 bridgehead atoms. The second-order valence-electron chi connectivity index (χ2n) is 7.87. The molecule has 0 saturated heterocycles. The Hall–Kier alpha value is -1.64. The van der Waals surface area contributed by atoms with E-state index in [2.05, 4.69) is 51.1 Å². The quantitative estimate of drug-likeness (QED) is 0.766. The number of rotatable bonds is 0. The number of hydrogen-bond donors (Lipinski definition) is 2. The number of benzene rings is 2. The second kappa shape index (κ2) is 7.72. The van der Waals surface area contributed by atoms with Gasteiger partial charge in [0.05, 0.1) is 0 Å². The van der Waals surface area contributed by atoms with Gasteiger partial charge in [-0.15, -0.1) is 0 Å². The summed E-state index contributed by atoms with van der Waals surface area (Å²) in [5, 5.41) is 0. The van der Waals surface area contributed by atoms with Crippen LogP contribution in [-0.2, 0) is 25.7 Å². The molecule has 4 N–H and O–H groups in total. The summed E-state index contributed by atoms with van der Waals surface area (Å²) in [6.45, 7) is 6.58. The fourth-order valence-corrected chi connectivity index (χ4v) is 4.28. The van der Waals surface area contributed by atoms with Crippen molar-refractivity contribution in [1.29, 1.82) is 0 Å². The molecule has 0 saturated carbocycles. The number of nitrogens with two attached hydrogens (primary N) is 2. The highest BCUT2D eigenvalue weighted by Crippen LogP contribution is 2.26. The normalized spacial score (nSPS) is 21.6. The van der Waals surface area contributed by atoms with E-state index in [4.69, 9.17) is 11.5 Å². The van der Waals surface area contributed by atoms with Crippen LogP contribution in [0.3, 0.4) is 0 Å². The molecule has 0 fully saturated rings. The Labute approximate surface area is 152 Å². The number of fused-ring (bicyclic) bond motifs is 2. The largest absolute Gasteiger partial charge is 0.327 e. The monoisotopic (exact) mass is 336 g/mol. The van der Waals surface area contributed by atoms with Crippen molar-refractivity contribution >= 4 is 0 Å². The lowest BCUT2D eigenvalue weighted by Crippen LogP contribution is -2.28. The van der Waals surface area contributed by atoms with Crippen molar-refractivity contribution in [2.24, 2.45) is 11.5 Å². The van der Waals surface area contributed by atoms with Crippen LogP contribution in [0.2, 0.25) is 0 Å². The van der Waals surface area contributed by atoms with Crippen LogP contribution in [0.15, 0.2) is 30.3 Å². The van der Waals surface area contributed by atoms with Gasteiger partial charge in [0.15, 0.2) is 0 Å². The topological polar surface area (TPSA) is 52.0 Å². The van der Waals surface area contributed by atoms with Gasteiger partial charge in [-0.25, -0.2) is 0 Å². The SMILES string of the molecule is Cc1ccc(C)c2c1CCC(N)C2.Cc1cccc2c1CCC(N)C2. The van der Waals surface area contributed by atoms with Gasteiger partial charge in [-0.2, -0.15) is 0 Å². The van der Waals surface area contributed by atoms with Gasteiger partial charge >= 0.3 is 0 Å². The molecule has 0 spiro atoms. The molecule has 0 heterocycles. The van der Waals surface area contributed by atoms with E-state index in [1.807, 2.05) is 0 Å². The summed E-state index contributed by atoms with van der Waals surface area (Å²) >= 11 is 0. The van der Waals surface area contributed by atoms with E-state index in [0.29, 0.717) is 12.1 Å². The fraction of sp³-hybridized carbons (Fsp3) is 0.478. The highest BCUT2D eigenvalue weighted by atomic mass is 14.6. The molecule has 2 aromatic rings. The minimum Gasteiger partial charge on any atom is -0.327 e. The van der Waals surface area contributed by atoms with Crippen molar-refractivity contribution in [2.75, 3.05) is 0 Å². The Bertz CT molecular complexity index is 748. The Morgan fingerprint density at radius 2 is 1.24 bits per heavy atom. The summed E-state index contributed by atoms with van der Waals surface area (Å²) in [6, 6.07) is 11.7. The number of hydrogen-bond acceptors (Lipinski definition) is 2. The Balaban J connectivity index is 0.000000146. The van der Waals surface area contributed by atoms with E-state index in [9.17, 15) is 0 Å². The van der Waals surface area contributed by atoms with E-state index in [1.165, 1.54) is 40.7 Å². The maximum atomic E-state index is 5.97. The van der Waals surface area contributed by atoms with Crippen LogP contribution in [0.4, 0.5) is 0 Å². The third-order valence-electron chi connectivity index (χ3n) is 5.89. The van der Waals surface area contributed by atoms with E-state index in [1.54, 1.807) is 11.1 Å². The molecule has 0 aliphatic heterocycles. The van der Waals surface area contributed by atoms with Crippen LogP contribution in [0, 0.1) is 20.8 Å². The molecule has 2 heteroatoms. The van der Waals surface area contributed by atoms with Gasteiger partial charge in [0.2, 0.25) is 0 Å². The van der Waals surface area contributed by atoms with Crippen LogP contribution in [0.25, 0.3) is 0 Å². The minimum absolute atomic E-state index is 0.382. The fourth-order valence-electron chi connectivity index (χ4n) is 4.28. The summed E-state index contributed by atoms with van der Waals surface area (Å²) < 4.78 is 0. The molecule has 2 aliphatic rings. The first kappa shape index (κ1) is 18.2. The Morgan fingerprint density at radius 3 is 1.96 bits per heavy atom. The second-order valence-corrected chi connectivity index (χ2v) is 7.87. The van der Waals surface area contributed by atoms with Crippen molar-refractivity contribution in [3.63, 3.8) is 0 Å². The van der Waals surface area contributed by atoms with E-state index >= 15 is 0 Å². The van der Waals surface area contributed by atoms with Gasteiger partial charge in [-0.05, 0) is 98.2 Å². The first-order chi connectivity index (χ1) is 12.0. The van der Waals surface area contributed by atoms with Crippen molar-refractivity contribution in [3.05, 3.63) is 69.3 Å². The van der Waals surface area contributed by atoms with Crippen molar-refractivity contribution in [1.82, 2.24) is 0 Å². The Kier molecular flexibility index (Phi) is 5.61. The zero-order valence-corrected chi connectivity index (χ0v) is 15.9. The van der Waals surface area contributed by atoms with Gasteiger partial charge in [-0.1, -0.05) is 30.3 Å². The predicted molar refractivity (Wildman–Crippen MR) is 107 cm³/mol. The van der Waals surface area contributed by atoms with Crippen LogP contribution >= 0.6 is 0 Å². The molecule has 4 rings (SSSR count). The molecule has 0 radical (unpaired) electrons. The zero-order chi connectivity index (χ0) is 18.0. The van der Waals surface area contributed by atoms with Gasteiger partial charge in [0.1, 0.15) is 0 Å². The summed E-state index contributed by atoms with van der Waals surface area (Å²) in [4.78, 5) is 0. The van der Waals surface area contributed by atoms with Gasteiger partial charge in [0, 0.05) is 12.1 Å². The minimum atomic E-state index is 0.382. The molecule has 0 aromatic heterocycles. The van der Waals surface area contributed by atoms with Crippen molar-refractivity contribution in [3.8, 4) is 0 Å². The van der Waals surface area contributed by atoms with Gasteiger partial charge < -0.3 is 11.5 Å². The lowest BCUT2D eigenvalue weighted by atomic mass is 9.84. The lowest BCUT2D eigenvalue weighted by molar-refractivity contribution is 0.572. The molecule has 25 heavy (non-hydrogen) atoms. The molecule has 2 nitrogen and oxygen atoms in total. The zero-order valence-electron chi connectivity index (χ0n) is 15.9. The molecule has 2 atom stereocenters. The highest BCUT2D eigenvalue weighted by Gasteiger charge is 2.18. The molecule has 2 aliphatic carbocycles. The first-order valence-corrected chi connectivity index (χ1v) is 9.62. The van der Waals surface area contributed by atoms with Gasteiger partial charge in [0.25, 0.3) is 0 Å². The summed E-state index contributed by atoms with van der Waals surface area (Å²) in [6.07, 6.45) is 6.78. The molecule has 2 aromatic carbocycles.